The lowest BCUT2D eigenvalue weighted by Gasteiger charge is -2.35. The maximum absolute atomic E-state index is 13.1. The standard InChI is InChI=1S/C21H25ClN4O3/c1-15-6-7-26(14-17-3-2-12-29-17)21(28)19(15)20(27)25-10-8-24(9-11-25)18-5-4-16(22)13-23-18/h4-7,13,17H,2-3,8-12,14H2,1H3. The van der Waals surface area contributed by atoms with Crippen LogP contribution in [0.5, 0.6) is 0 Å². The van der Waals surface area contributed by atoms with Gasteiger partial charge < -0.3 is 19.1 Å². The Morgan fingerprint density at radius 3 is 2.69 bits per heavy atom. The van der Waals surface area contributed by atoms with Gasteiger partial charge in [0.05, 0.1) is 17.7 Å². The summed E-state index contributed by atoms with van der Waals surface area (Å²) in [7, 11) is 0. The van der Waals surface area contributed by atoms with Gasteiger partial charge in [-0.05, 0) is 43.5 Å². The summed E-state index contributed by atoms with van der Waals surface area (Å²) in [5.41, 5.74) is 0.751. The Morgan fingerprint density at radius 1 is 1.24 bits per heavy atom. The highest BCUT2D eigenvalue weighted by molar-refractivity contribution is 6.30. The summed E-state index contributed by atoms with van der Waals surface area (Å²) in [5, 5.41) is 0.599. The van der Waals surface area contributed by atoms with Gasteiger partial charge in [-0.15, -0.1) is 0 Å². The number of carbonyl (C=O) groups is 1. The monoisotopic (exact) mass is 416 g/mol. The van der Waals surface area contributed by atoms with Crippen LogP contribution in [0.3, 0.4) is 0 Å². The van der Waals surface area contributed by atoms with E-state index in [9.17, 15) is 9.59 Å². The van der Waals surface area contributed by atoms with Crippen molar-refractivity contribution in [1.82, 2.24) is 14.5 Å². The summed E-state index contributed by atoms with van der Waals surface area (Å²) in [5.74, 6) is 0.647. The fraction of sp³-hybridized carbons (Fsp3) is 0.476. The maximum atomic E-state index is 13.1. The van der Waals surface area contributed by atoms with Crippen molar-refractivity contribution in [2.24, 2.45) is 0 Å². The third kappa shape index (κ3) is 4.31. The molecule has 4 heterocycles. The molecule has 2 fully saturated rings. The number of pyridine rings is 2. The molecule has 4 rings (SSSR count). The number of aromatic nitrogens is 2. The molecule has 0 N–H and O–H groups in total. The molecule has 7 nitrogen and oxygen atoms in total. The van der Waals surface area contributed by atoms with Gasteiger partial charge in [0.25, 0.3) is 11.5 Å². The van der Waals surface area contributed by atoms with Gasteiger partial charge in [0.2, 0.25) is 0 Å². The summed E-state index contributed by atoms with van der Waals surface area (Å²) < 4.78 is 7.26. The van der Waals surface area contributed by atoms with Gasteiger partial charge in [-0.3, -0.25) is 9.59 Å². The third-order valence-corrected chi connectivity index (χ3v) is 5.84. The Kier molecular flexibility index (Phi) is 5.87. The van der Waals surface area contributed by atoms with E-state index < -0.39 is 0 Å². The normalized spacial score (nSPS) is 19.6. The van der Waals surface area contributed by atoms with E-state index in [4.69, 9.17) is 16.3 Å². The number of hydrogen-bond donors (Lipinski definition) is 0. The van der Waals surface area contributed by atoms with Crippen LogP contribution in [0.4, 0.5) is 5.82 Å². The van der Waals surface area contributed by atoms with E-state index in [2.05, 4.69) is 9.88 Å². The molecule has 2 saturated heterocycles. The van der Waals surface area contributed by atoms with Crippen LogP contribution in [0.25, 0.3) is 0 Å². The van der Waals surface area contributed by atoms with Crippen molar-refractivity contribution in [3.05, 3.63) is 57.1 Å². The zero-order valence-corrected chi connectivity index (χ0v) is 17.3. The van der Waals surface area contributed by atoms with Crippen LogP contribution in [0, 0.1) is 6.92 Å². The van der Waals surface area contributed by atoms with Crippen molar-refractivity contribution in [1.29, 1.82) is 0 Å². The first-order valence-electron chi connectivity index (χ1n) is 10.0. The van der Waals surface area contributed by atoms with Gasteiger partial charge in [0.15, 0.2) is 0 Å². The summed E-state index contributed by atoms with van der Waals surface area (Å²) in [4.78, 5) is 34.4. The predicted molar refractivity (Wildman–Crippen MR) is 112 cm³/mol. The summed E-state index contributed by atoms with van der Waals surface area (Å²) in [6, 6.07) is 5.54. The molecular weight excluding hydrogens is 392 g/mol. The smallest absolute Gasteiger partial charge is 0.263 e. The Hall–Kier alpha value is -2.38. The second-order valence-electron chi connectivity index (χ2n) is 7.58. The quantitative estimate of drug-likeness (QED) is 0.765. The number of ether oxygens (including phenoxy) is 1. The maximum Gasteiger partial charge on any atom is 0.263 e. The first kappa shape index (κ1) is 19.9. The Bertz CT molecular complexity index is 930. The van der Waals surface area contributed by atoms with Crippen LogP contribution < -0.4 is 10.5 Å². The molecule has 1 amide bonds. The topological polar surface area (TPSA) is 67.7 Å². The van der Waals surface area contributed by atoms with E-state index in [1.165, 1.54) is 0 Å². The van der Waals surface area contributed by atoms with Gasteiger partial charge >= 0.3 is 0 Å². The van der Waals surface area contributed by atoms with Crippen molar-refractivity contribution >= 4 is 23.3 Å². The Labute approximate surface area is 174 Å². The van der Waals surface area contributed by atoms with E-state index >= 15 is 0 Å². The Balaban J connectivity index is 1.47. The molecule has 29 heavy (non-hydrogen) atoms. The minimum Gasteiger partial charge on any atom is -0.376 e. The number of anilines is 1. The molecule has 154 valence electrons. The predicted octanol–water partition coefficient (Wildman–Crippen LogP) is 2.35. The molecule has 1 unspecified atom stereocenters. The van der Waals surface area contributed by atoms with Gasteiger partial charge in [0.1, 0.15) is 11.4 Å². The summed E-state index contributed by atoms with van der Waals surface area (Å²) in [6.07, 6.45) is 5.40. The number of halogens is 1. The van der Waals surface area contributed by atoms with Crippen molar-refractivity contribution in [2.75, 3.05) is 37.7 Å². The molecule has 0 bridgehead atoms. The van der Waals surface area contributed by atoms with Crippen molar-refractivity contribution in [2.45, 2.75) is 32.4 Å². The number of piperazine rings is 1. The largest absolute Gasteiger partial charge is 0.376 e. The SMILES string of the molecule is Cc1ccn(CC2CCCO2)c(=O)c1C(=O)N1CCN(c2ccc(Cl)cn2)CC1. The summed E-state index contributed by atoms with van der Waals surface area (Å²) in [6.45, 7) is 5.47. The zero-order chi connectivity index (χ0) is 20.4. The highest BCUT2D eigenvalue weighted by atomic mass is 35.5. The first-order valence-corrected chi connectivity index (χ1v) is 10.4. The highest BCUT2D eigenvalue weighted by Crippen LogP contribution is 2.18. The lowest BCUT2D eigenvalue weighted by Crippen LogP contribution is -2.50. The number of aryl methyl sites for hydroxylation is 1. The van der Waals surface area contributed by atoms with Gasteiger partial charge in [-0.2, -0.15) is 0 Å². The van der Waals surface area contributed by atoms with Crippen LogP contribution in [-0.4, -0.2) is 59.2 Å². The average molecular weight is 417 g/mol. The number of carbonyl (C=O) groups excluding carboxylic acids is 1. The molecule has 1 atom stereocenters. The minimum absolute atomic E-state index is 0.0498. The highest BCUT2D eigenvalue weighted by Gasteiger charge is 2.27. The fourth-order valence-corrected chi connectivity index (χ4v) is 4.04. The van der Waals surface area contributed by atoms with E-state index in [0.29, 0.717) is 43.3 Å². The average Bonchev–Trinajstić information content (AvgIpc) is 3.24. The van der Waals surface area contributed by atoms with E-state index in [1.807, 2.05) is 25.1 Å². The molecule has 0 radical (unpaired) electrons. The molecule has 0 aromatic carbocycles. The Morgan fingerprint density at radius 2 is 2.03 bits per heavy atom. The molecule has 0 spiro atoms. The number of hydrogen-bond acceptors (Lipinski definition) is 5. The van der Waals surface area contributed by atoms with Gasteiger partial charge in [-0.25, -0.2) is 4.98 Å². The van der Waals surface area contributed by atoms with Crippen LogP contribution >= 0.6 is 11.6 Å². The molecule has 8 heteroatoms. The number of nitrogens with zero attached hydrogens (tertiary/aromatic N) is 4. The van der Waals surface area contributed by atoms with Gasteiger partial charge in [-0.1, -0.05) is 11.6 Å². The lowest BCUT2D eigenvalue weighted by atomic mass is 10.1. The van der Waals surface area contributed by atoms with E-state index in [0.717, 1.165) is 25.3 Å². The van der Waals surface area contributed by atoms with Gasteiger partial charge in [0, 0.05) is 45.2 Å². The van der Waals surface area contributed by atoms with Crippen LogP contribution in [0.2, 0.25) is 5.02 Å². The summed E-state index contributed by atoms with van der Waals surface area (Å²) >= 11 is 5.91. The molecular formula is C21H25ClN4O3. The van der Waals surface area contributed by atoms with Crippen LogP contribution in [0.1, 0.15) is 28.8 Å². The molecule has 0 saturated carbocycles. The van der Waals surface area contributed by atoms with Crippen LogP contribution in [-0.2, 0) is 11.3 Å². The van der Waals surface area contributed by atoms with E-state index in [-0.39, 0.29) is 23.1 Å². The van der Waals surface area contributed by atoms with Crippen molar-refractivity contribution < 1.29 is 9.53 Å². The van der Waals surface area contributed by atoms with E-state index in [1.54, 1.807) is 21.9 Å². The van der Waals surface area contributed by atoms with Crippen molar-refractivity contribution in [3.8, 4) is 0 Å². The lowest BCUT2D eigenvalue weighted by molar-refractivity contribution is 0.0740. The second-order valence-corrected chi connectivity index (χ2v) is 8.02. The fourth-order valence-electron chi connectivity index (χ4n) is 3.93. The van der Waals surface area contributed by atoms with Crippen molar-refractivity contribution in [3.63, 3.8) is 0 Å². The molecule has 2 aliphatic rings. The number of rotatable bonds is 4. The second kappa shape index (κ2) is 8.55. The third-order valence-electron chi connectivity index (χ3n) is 5.61. The number of amides is 1. The minimum atomic E-state index is -0.229. The molecule has 2 aromatic rings. The zero-order valence-electron chi connectivity index (χ0n) is 16.5. The first-order chi connectivity index (χ1) is 14.0. The molecule has 2 aromatic heterocycles. The molecule has 2 aliphatic heterocycles. The molecule has 0 aliphatic carbocycles. The van der Waals surface area contributed by atoms with Crippen LogP contribution in [0.15, 0.2) is 35.4 Å².